The first-order valence-electron chi connectivity index (χ1n) is 7.25. The summed E-state index contributed by atoms with van der Waals surface area (Å²) in [5.74, 6) is 0.741. The van der Waals surface area contributed by atoms with Crippen LogP contribution in [-0.4, -0.2) is 61.5 Å². The highest BCUT2D eigenvalue weighted by atomic mass is 16.2. The van der Waals surface area contributed by atoms with Crippen molar-refractivity contribution in [1.82, 2.24) is 15.1 Å². The Hall–Kier alpha value is -0.610. The summed E-state index contributed by atoms with van der Waals surface area (Å²) in [4.78, 5) is 16.4. The summed E-state index contributed by atoms with van der Waals surface area (Å²) >= 11 is 0. The molecule has 0 aromatic rings. The lowest BCUT2D eigenvalue weighted by Gasteiger charge is -2.28. The lowest BCUT2D eigenvalue weighted by atomic mass is 10.2. The fourth-order valence-corrected chi connectivity index (χ4v) is 1.90. The fourth-order valence-electron chi connectivity index (χ4n) is 1.90. The van der Waals surface area contributed by atoms with Gasteiger partial charge in [-0.15, -0.1) is 0 Å². The third-order valence-corrected chi connectivity index (χ3v) is 3.05. The lowest BCUT2D eigenvalue weighted by Crippen LogP contribution is -2.44. The molecule has 0 aromatic carbocycles. The molecule has 0 radical (unpaired) electrons. The van der Waals surface area contributed by atoms with Crippen LogP contribution in [0.5, 0.6) is 0 Å². The molecule has 0 aliphatic heterocycles. The molecule has 0 fully saturated rings. The van der Waals surface area contributed by atoms with E-state index in [4.69, 9.17) is 0 Å². The summed E-state index contributed by atoms with van der Waals surface area (Å²) in [5.41, 5.74) is 0. The van der Waals surface area contributed by atoms with Gasteiger partial charge in [-0.3, -0.25) is 4.79 Å². The SMILES string of the molecule is CCNCC(=O)N(CCN(CC)CC)CC(C)C. The molecule has 108 valence electrons. The maximum Gasteiger partial charge on any atom is 0.236 e. The number of hydrogen-bond acceptors (Lipinski definition) is 3. The summed E-state index contributed by atoms with van der Waals surface area (Å²) in [6, 6.07) is 0. The Morgan fingerprint density at radius 1 is 1.11 bits per heavy atom. The van der Waals surface area contributed by atoms with Gasteiger partial charge in [0.2, 0.25) is 5.91 Å². The Kier molecular flexibility index (Phi) is 9.98. The zero-order valence-electron chi connectivity index (χ0n) is 12.8. The number of rotatable bonds is 10. The zero-order valence-corrected chi connectivity index (χ0v) is 12.8. The molecule has 1 N–H and O–H groups in total. The molecule has 0 saturated heterocycles. The van der Waals surface area contributed by atoms with Gasteiger partial charge in [0.1, 0.15) is 0 Å². The number of nitrogens with one attached hydrogen (secondary N) is 1. The quantitative estimate of drug-likeness (QED) is 0.643. The minimum Gasteiger partial charge on any atom is -0.340 e. The van der Waals surface area contributed by atoms with Gasteiger partial charge < -0.3 is 15.1 Å². The Morgan fingerprint density at radius 3 is 2.17 bits per heavy atom. The largest absolute Gasteiger partial charge is 0.340 e. The first-order chi connectivity index (χ1) is 8.54. The normalized spacial score (nSPS) is 11.3. The van der Waals surface area contributed by atoms with Crippen molar-refractivity contribution < 1.29 is 4.79 Å². The molecule has 0 heterocycles. The van der Waals surface area contributed by atoms with Crippen molar-refractivity contribution in [2.24, 2.45) is 5.92 Å². The van der Waals surface area contributed by atoms with Gasteiger partial charge in [0.05, 0.1) is 6.54 Å². The summed E-state index contributed by atoms with van der Waals surface area (Å²) in [6.45, 7) is 16.7. The van der Waals surface area contributed by atoms with E-state index in [0.29, 0.717) is 12.5 Å². The van der Waals surface area contributed by atoms with E-state index >= 15 is 0 Å². The van der Waals surface area contributed by atoms with Crippen molar-refractivity contribution in [3.8, 4) is 0 Å². The number of hydrogen-bond donors (Lipinski definition) is 1. The third-order valence-electron chi connectivity index (χ3n) is 3.05. The van der Waals surface area contributed by atoms with E-state index in [1.54, 1.807) is 0 Å². The molecule has 0 saturated carbocycles. The molecule has 4 heteroatoms. The van der Waals surface area contributed by atoms with Crippen LogP contribution in [-0.2, 0) is 4.79 Å². The van der Waals surface area contributed by atoms with Crippen molar-refractivity contribution in [3.05, 3.63) is 0 Å². The van der Waals surface area contributed by atoms with Crippen LogP contribution >= 0.6 is 0 Å². The molecule has 0 bridgehead atoms. The Balaban J connectivity index is 4.25. The number of carbonyl (C=O) groups excluding carboxylic acids is 1. The van der Waals surface area contributed by atoms with Crippen LogP contribution in [0.15, 0.2) is 0 Å². The van der Waals surface area contributed by atoms with Crippen LogP contribution in [0.1, 0.15) is 34.6 Å². The monoisotopic (exact) mass is 257 g/mol. The van der Waals surface area contributed by atoms with E-state index < -0.39 is 0 Å². The molecule has 0 aliphatic carbocycles. The summed E-state index contributed by atoms with van der Waals surface area (Å²) in [5, 5.41) is 3.11. The molecule has 0 unspecified atom stereocenters. The van der Waals surface area contributed by atoms with E-state index in [2.05, 4.69) is 37.9 Å². The van der Waals surface area contributed by atoms with Gasteiger partial charge >= 0.3 is 0 Å². The molecule has 0 rings (SSSR count). The van der Waals surface area contributed by atoms with Gasteiger partial charge in [-0.2, -0.15) is 0 Å². The second-order valence-electron chi connectivity index (χ2n) is 5.04. The average molecular weight is 257 g/mol. The van der Waals surface area contributed by atoms with Crippen molar-refractivity contribution in [2.75, 3.05) is 45.8 Å². The van der Waals surface area contributed by atoms with E-state index in [0.717, 1.165) is 39.3 Å². The van der Waals surface area contributed by atoms with Gasteiger partial charge in [0, 0.05) is 19.6 Å². The Labute approximate surface area is 113 Å². The molecule has 0 aromatic heterocycles. The van der Waals surface area contributed by atoms with Gasteiger partial charge in [-0.25, -0.2) is 0 Å². The van der Waals surface area contributed by atoms with Gasteiger partial charge in [0.25, 0.3) is 0 Å². The predicted octanol–water partition coefficient (Wildman–Crippen LogP) is 1.42. The minimum atomic E-state index is 0.220. The van der Waals surface area contributed by atoms with Crippen LogP contribution in [0.2, 0.25) is 0 Å². The highest BCUT2D eigenvalue weighted by Gasteiger charge is 2.14. The van der Waals surface area contributed by atoms with Gasteiger partial charge in [0.15, 0.2) is 0 Å². The molecule has 4 nitrogen and oxygen atoms in total. The first-order valence-corrected chi connectivity index (χ1v) is 7.25. The van der Waals surface area contributed by atoms with Crippen molar-refractivity contribution in [1.29, 1.82) is 0 Å². The fraction of sp³-hybridized carbons (Fsp3) is 0.929. The van der Waals surface area contributed by atoms with Crippen LogP contribution in [0.3, 0.4) is 0 Å². The third kappa shape index (κ3) is 7.67. The molecule has 1 amide bonds. The summed E-state index contributed by atoms with van der Waals surface area (Å²) < 4.78 is 0. The Bertz CT molecular complexity index is 215. The van der Waals surface area contributed by atoms with Crippen LogP contribution in [0.25, 0.3) is 0 Å². The van der Waals surface area contributed by atoms with Crippen molar-refractivity contribution in [3.63, 3.8) is 0 Å². The number of carbonyl (C=O) groups is 1. The summed E-state index contributed by atoms with van der Waals surface area (Å²) in [7, 11) is 0. The highest BCUT2D eigenvalue weighted by Crippen LogP contribution is 2.00. The molecule has 0 aliphatic rings. The molecule has 0 atom stereocenters. The van der Waals surface area contributed by atoms with Gasteiger partial charge in [-0.1, -0.05) is 34.6 Å². The smallest absolute Gasteiger partial charge is 0.236 e. The minimum absolute atomic E-state index is 0.220. The lowest BCUT2D eigenvalue weighted by molar-refractivity contribution is -0.131. The van der Waals surface area contributed by atoms with Crippen molar-refractivity contribution in [2.45, 2.75) is 34.6 Å². The van der Waals surface area contributed by atoms with E-state index in [1.165, 1.54) is 0 Å². The maximum atomic E-state index is 12.1. The number of likely N-dealkylation sites (N-methyl/N-ethyl adjacent to an activating group) is 2. The van der Waals surface area contributed by atoms with Crippen LogP contribution in [0.4, 0.5) is 0 Å². The highest BCUT2D eigenvalue weighted by molar-refractivity contribution is 5.78. The molecule has 18 heavy (non-hydrogen) atoms. The topological polar surface area (TPSA) is 35.6 Å². The van der Waals surface area contributed by atoms with Crippen molar-refractivity contribution >= 4 is 5.91 Å². The Morgan fingerprint density at radius 2 is 1.72 bits per heavy atom. The second-order valence-corrected chi connectivity index (χ2v) is 5.04. The number of nitrogens with zero attached hydrogens (tertiary/aromatic N) is 2. The van der Waals surface area contributed by atoms with E-state index in [9.17, 15) is 4.79 Å². The zero-order chi connectivity index (χ0) is 14.0. The van der Waals surface area contributed by atoms with E-state index in [1.807, 2.05) is 11.8 Å². The second kappa shape index (κ2) is 10.3. The average Bonchev–Trinajstić information content (AvgIpc) is 2.35. The molecule has 0 spiro atoms. The standard InChI is InChI=1S/C14H31N3O/c1-6-15-11-14(18)17(12-13(4)5)10-9-16(7-2)8-3/h13,15H,6-12H2,1-5H3. The van der Waals surface area contributed by atoms with Gasteiger partial charge in [-0.05, 0) is 25.6 Å². The first kappa shape index (κ1) is 17.4. The van der Waals surface area contributed by atoms with Crippen LogP contribution in [0, 0.1) is 5.92 Å². The maximum absolute atomic E-state index is 12.1. The predicted molar refractivity (Wildman–Crippen MR) is 77.7 cm³/mol. The molecular weight excluding hydrogens is 226 g/mol. The van der Waals surface area contributed by atoms with Crippen LogP contribution < -0.4 is 5.32 Å². The van der Waals surface area contributed by atoms with E-state index in [-0.39, 0.29) is 5.91 Å². The number of amides is 1. The summed E-state index contributed by atoms with van der Waals surface area (Å²) in [6.07, 6.45) is 0. The molecular formula is C14H31N3O.